The zero-order valence-electron chi connectivity index (χ0n) is 14.3. The molecule has 0 aromatic carbocycles. The van der Waals surface area contributed by atoms with E-state index in [0.29, 0.717) is 31.7 Å². The van der Waals surface area contributed by atoms with Crippen LogP contribution in [0.25, 0.3) is 0 Å². The first-order chi connectivity index (χ1) is 12.2. The minimum Gasteiger partial charge on any atom is -0.372 e. The molecule has 0 saturated heterocycles. The Morgan fingerprint density at radius 1 is 1.36 bits per heavy atom. The minimum atomic E-state index is -0.145. The number of carbonyl (C=O) groups excluding carboxylic acids is 2. The van der Waals surface area contributed by atoms with Gasteiger partial charge in [-0.15, -0.1) is 0 Å². The molecule has 1 rings (SSSR count). The first-order valence-electron chi connectivity index (χ1n) is 8.07. The van der Waals surface area contributed by atoms with Gasteiger partial charge in [0.1, 0.15) is 11.6 Å². The summed E-state index contributed by atoms with van der Waals surface area (Å²) < 4.78 is 5.12. The maximum atomic E-state index is 11.6. The monoisotopic (exact) mass is 384 g/mol. The molecule has 7 nitrogen and oxygen atoms in total. The predicted molar refractivity (Wildman–Crippen MR) is 103 cm³/mol. The van der Waals surface area contributed by atoms with Crippen LogP contribution in [0.4, 0.5) is 0 Å². The Balaban J connectivity index is 1.96. The second kappa shape index (κ2) is 14.7. The smallest absolute Gasteiger partial charge is 0.246 e. The lowest BCUT2D eigenvalue weighted by atomic mass is 10.4. The number of hydrazone groups is 1. The van der Waals surface area contributed by atoms with Crippen LogP contribution in [-0.4, -0.2) is 48.5 Å². The summed E-state index contributed by atoms with van der Waals surface area (Å²) in [5.74, 6) is 0.395. The van der Waals surface area contributed by atoms with Gasteiger partial charge in [-0.1, -0.05) is 23.8 Å². The van der Waals surface area contributed by atoms with Crippen molar-refractivity contribution in [1.82, 2.24) is 15.7 Å². The zero-order valence-corrected chi connectivity index (χ0v) is 15.9. The molecule has 138 valence electrons. The highest BCUT2D eigenvalue weighted by Crippen LogP contribution is 2.29. The molecule has 0 spiro atoms. The normalized spacial score (nSPS) is 10.8. The number of amides is 2. The second-order valence-electron chi connectivity index (χ2n) is 4.86. The Labute approximate surface area is 156 Å². The number of hydrogen-bond donors (Lipinski definition) is 2. The van der Waals surface area contributed by atoms with Gasteiger partial charge >= 0.3 is 0 Å². The number of hydrogen-bond acceptors (Lipinski definition) is 7. The third kappa shape index (κ3) is 12.4. The number of ether oxygens (including phenoxy) is 1. The SMILES string of the molecule is CCCOCC(=O)NCC/C=N\NC(=O)CCSSc1ccccn1. The number of aromatic nitrogens is 1. The molecule has 0 saturated carbocycles. The molecule has 2 amide bonds. The fraction of sp³-hybridized carbons (Fsp3) is 0.500. The lowest BCUT2D eigenvalue weighted by Gasteiger charge is -2.03. The van der Waals surface area contributed by atoms with E-state index in [2.05, 4.69) is 20.8 Å². The van der Waals surface area contributed by atoms with Crippen LogP contribution in [0.2, 0.25) is 0 Å². The van der Waals surface area contributed by atoms with Gasteiger partial charge in [0.15, 0.2) is 0 Å². The molecule has 1 aromatic rings. The molecular formula is C16H24N4O3S2. The van der Waals surface area contributed by atoms with E-state index in [-0.39, 0.29) is 18.4 Å². The van der Waals surface area contributed by atoms with Gasteiger partial charge in [0.25, 0.3) is 0 Å². The van der Waals surface area contributed by atoms with Gasteiger partial charge in [-0.3, -0.25) is 9.59 Å². The first kappa shape index (κ1) is 21.5. The molecule has 2 N–H and O–H groups in total. The standard InChI is InChI=1S/C16H24N4O3S2/c1-2-11-23-13-15(22)17-9-5-10-19-20-14(21)7-12-24-25-16-6-3-4-8-18-16/h3-4,6,8,10H,2,5,7,9,11-13H2,1H3,(H,17,22)(H,20,21)/b19-10-. The van der Waals surface area contributed by atoms with Crippen molar-refractivity contribution in [1.29, 1.82) is 0 Å². The molecule has 0 aliphatic rings. The van der Waals surface area contributed by atoms with Crippen LogP contribution in [0.15, 0.2) is 34.5 Å². The summed E-state index contributed by atoms with van der Waals surface area (Å²) in [7, 11) is 3.12. The second-order valence-corrected chi connectivity index (χ2v) is 7.30. The molecule has 1 heterocycles. The maximum Gasteiger partial charge on any atom is 0.246 e. The lowest BCUT2D eigenvalue weighted by molar-refractivity contribution is -0.125. The van der Waals surface area contributed by atoms with Gasteiger partial charge in [0.2, 0.25) is 11.8 Å². The predicted octanol–water partition coefficient (Wildman–Crippen LogP) is 2.25. The van der Waals surface area contributed by atoms with Crippen LogP contribution in [0.1, 0.15) is 26.2 Å². The number of rotatable bonds is 13. The van der Waals surface area contributed by atoms with Crippen LogP contribution in [0, 0.1) is 0 Å². The van der Waals surface area contributed by atoms with Crippen LogP contribution in [0.3, 0.4) is 0 Å². The molecule has 9 heteroatoms. The Kier molecular flexibility index (Phi) is 12.7. The van der Waals surface area contributed by atoms with Crippen molar-refractivity contribution in [2.45, 2.75) is 31.2 Å². The first-order valence-corrected chi connectivity index (χ1v) is 10.4. The summed E-state index contributed by atoms with van der Waals surface area (Å²) in [6, 6.07) is 5.72. The molecule has 0 bridgehead atoms. The van der Waals surface area contributed by atoms with E-state index in [1.165, 1.54) is 0 Å². The van der Waals surface area contributed by atoms with Crippen molar-refractivity contribution >= 4 is 39.6 Å². The van der Waals surface area contributed by atoms with Gasteiger partial charge in [0, 0.05) is 44.2 Å². The summed E-state index contributed by atoms with van der Waals surface area (Å²) in [4.78, 5) is 27.1. The lowest BCUT2D eigenvalue weighted by Crippen LogP contribution is -2.29. The molecule has 0 unspecified atom stereocenters. The van der Waals surface area contributed by atoms with E-state index in [4.69, 9.17) is 4.74 Å². The number of nitrogens with one attached hydrogen (secondary N) is 2. The Morgan fingerprint density at radius 2 is 2.24 bits per heavy atom. The van der Waals surface area contributed by atoms with E-state index in [9.17, 15) is 9.59 Å². The zero-order chi connectivity index (χ0) is 18.2. The third-order valence-corrected chi connectivity index (χ3v) is 4.92. The van der Waals surface area contributed by atoms with Gasteiger partial charge in [0.05, 0.1) is 0 Å². The molecule has 1 aromatic heterocycles. The number of carbonyl (C=O) groups is 2. The molecule has 0 radical (unpaired) electrons. The van der Waals surface area contributed by atoms with Gasteiger partial charge in [-0.2, -0.15) is 5.10 Å². The third-order valence-electron chi connectivity index (χ3n) is 2.65. The summed E-state index contributed by atoms with van der Waals surface area (Å²) in [6.07, 6.45) is 5.13. The fourth-order valence-electron chi connectivity index (χ4n) is 1.51. The van der Waals surface area contributed by atoms with E-state index < -0.39 is 0 Å². The highest BCUT2D eigenvalue weighted by atomic mass is 33.1. The van der Waals surface area contributed by atoms with Crippen LogP contribution >= 0.6 is 21.6 Å². The van der Waals surface area contributed by atoms with Crippen LogP contribution < -0.4 is 10.7 Å². The van der Waals surface area contributed by atoms with Crippen molar-refractivity contribution in [2.75, 3.05) is 25.5 Å². The summed E-state index contributed by atoms with van der Waals surface area (Å²) >= 11 is 0. The highest BCUT2D eigenvalue weighted by Gasteiger charge is 2.01. The van der Waals surface area contributed by atoms with Gasteiger partial charge in [-0.25, -0.2) is 10.4 Å². The topological polar surface area (TPSA) is 92.7 Å². The Morgan fingerprint density at radius 3 is 3.00 bits per heavy atom. The van der Waals surface area contributed by atoms with Crippen molar-refractivity contribution in [2.24, 2.45) is 5.10 Å². The van der Waals surface area contributed by atoms with Gasteiger partial charge in [-0.05, 0) is 29.3 Å². The van der Waals surface area contributed by atoms with E-state index >= 15 is 0 Å². The van der Waals surface area contributed by atoms with Crippen molar-refractivity contribution in [3.05, 3.63) is 24.4 Å². The van der Waals surface area contributed by atoms with Crippen molar-refractivity contribution in [3.8, 4) is 0 Å². The van der Waals surface area contributed by atoms with Crippen LogP contribution in [-0.2, 0) is 14.3 Å². The quantitative estimate of drug-likeness (QED) is 0.234. The summed E-state index contributed by atoms with van der Waals surface area (Å²) in [5, 5.41) is 7.48. The maximum absolute atomic E-state index is 11.6. The molecule has 0 fully saturated rings. The summed E-state index contributed by atoms with van der Waals surface area (Å²) in [6.45, 7) is 3.11. The molecular weight excluding hydrogens is 360 g/mol. The Bertz CT molecular complexity index is 529. The van der Waals surface area contributed by atoms with Crippen LogP contribution in [0.5, 0.6) is 0 Å². The molecule has 0 aliphatic heterocycles. The highest BCUT2D eigenvalue weighted by molar-refractivity contribution is 8.76. The van der Waals surface area contributed by atoms with E-state index in [1.807, 2.05) is 25.1 Å². The summed E-state index contributed by atoms with van der Waals surface area (Å²) in [5.41, 5.74) is 2.47. The van der Waals surface area contributed by atoms with E-state index in [0.717, 1.165) is 11.4 Å². The van der Waals surface area contributed by atoms with Crippen molar-refractivity contribution < 1.29 is 14.3 Å². The largest absolute Gasteiger partial charge is 0.372 e. The molecule has 0 aliphatic carbocycles. The van der Waals surface area contributed by atoms with E-state index in [1.54, 1.807) is 34.0 Å². The molecule has 25 heavy (non-hydrogen) atoms. The number of nitrogens with zero attached hydrogens (tertiary/aromatic N) is 2. The molecule has 0 atom stereocenters. The Hall–Kier alpha value is -1.58. The number of pyridine rings is 1. The van der Waals surface area contributed by atoms with Crippen molar-refractivity contribution in [3.63, 3.8) is 0 Å². The van der Waals surface area contributed by atoms with Gasteiger partial charge < -0.3 is 10.1 Å². The average Bonchev–Trinajstić information content (AvgIpc) is 2.63. The average molecular weight is 385 g/mol. The fourth-order valence-corrected chi connectivity index (χ4v) is 3.38. The minimum absolute atomic E-state index is 0.0793.